The third-order valence-electron chi connectivity index (χ3n) is 5.17. The van der Waals surface area contributed by atoms with Gasteiger partial charge in [-0.15, -0.1) is 0 Å². The van der Waals surface area contributed by atoms with Crippen LogP contribution in [0, 0.1) is 0 Å². The molecule has 2 aliphatic rings. The van der Waals surface area contributed by atoms with Crippen LogP contribution in [-0.2, 0) is 18.9 Å². The van der Waals surface area contributed by atoms with Gasteiger partial charge >= 0.3 is 0 Å². The van der Waals surface area contributed by atoms with Crippen LogP contribution in [-0.4, -0.2) is 60.9 Å². The van der Waals surface area contributed by atoms with Gasteiger partial charge in [-0.1, -0.05) is 58.3 Å². The summed E-state index contributed by atoms with van der Waals surface area (Å²) in [5, 5.41) is 20.2. The van der Waals surface area contributed by atoms with E-state index in [0.717, 1.165) is 12.8 Å². The van der Waals surface area contributed by atoms with Crippen molar-refractivity contribution in [1.29, 1.82) is 0 Å². The Hall–Kier alpha value is -0.240. The molecule has 0 aromatic carbocycles. The number of rotatable bonds is 11. The predicted molar refractivity (Wildman–Crippen MR) is 94.1 cm³/mol. The van der Waals surface area contributed by atoms with Gasteiger partial charge in [-0.05, 0) is 12.8 Å². The molecule has 6 heteroatoms. The van der Waals surface area contributed by atoms with Crippen LogP contribution in [0.4, 0.5) is 0 Å². The molecule has 25 heavy (non-hydrogen) atoms. The molecular weight excluding hydrogens is 324 g/mol. The molecule has 2 heterocycles. The van der Waals surface area contributed by atoms with Crippen molar-refractivity contribution in [2.45, 2.75) is 108 Å². The maximum Gasteiger partial charge on any atom is 0.186 e. The first kappa shape index (κ1) is 21.1. The summed E-state index contributed by atoms with van der Waals surface area (Å²) in [6, 6.07) is 0. The molecule has 6 atom stereocenters. The number of aliphatic hydroxyl groups excluding tert-OH is 2. The van der Waals surface area contributed by atoms with Gasteiger partial charge in [-0.25, -0.2) is 0 Å². The van der Waals surface area contributed by atoms with Gasteiger partial charge in [0.05, 0.1) is 6.61 Å². The van der Waals surface area contributed by atoms with Crippen LogP contribution in [0.3, 0.4) is 0 Å². The average Bonchev–Trinajstić information content (AvgIpc) is 2.63. The SMILES string of the molecule is CCCCCCCCCCCC1OCC2O[C@H](OC)C(O)[C@@H](O)[C@H]2O1. The van der Waals surface area contributed by atoms with Crippen LogP contribution in [0.25, 0.3) is 0 Å². The summed E-state index contributed by atoms with van der Waals surface area (Å²) in [5.41, 5.74) is 0. The number of ether oxygens (including phenoxy) is 4. The molecule has 0 amide bonds. The van der Waals surface area contributed by atoms with Crippen molar-refractivity contribution < 1.29 is 29.2 Å². The molecule has 6 nitrogen and oxygen atoms in total. The monoisotopic (exact) mass is 360 g/mol. The minimum absolute atomic E-state index is 0.324. The van der Waals surface area contributed by atoms with E-state index in [2.05, 4.69) is 6.92 Å². The van der Waals surface area contributed by atoms with Crippen molar-refractivity contribution in [3.05, 3.63) is 0 Å². The quantitative estimate of drug-likeness (QED) is 0.552. The van der Waals surface area contributed by atoms with Crippen LogP contribution in [0.2, 0.25) is 0 Å². The van der Waals surface area contributed by atoms with Gasteiger partial charge in [0, 0.05) is 7.11 Å². The Kier molecular flexibility index (Phi) is 9.66. The maximum atomic E-state index is 10.2. The first-order valence-corrected chi connectivity index (χ1v) is 9.98. The lowest BCUT2D eigenvalue weighted by Crippen LogP contribution is -2.63. The Balaban J connectivity index is 1.58. The number of fused-ring (bicyclic) bond motifs is 1. The van der Waals surface area contributed by atoms with Gasteiger partial charge in [-0.2, -0.15) is 0 Å². The van der Waals surface area contributed by atoms with E-state index in [1.54, 1.807) is 0 Å². The van der Waals surface area contributed by atoms with E-state index in [9.17, 15) is 10.2 Å². The number of aliphatic hydroxyl groups is 2. The van der Waals surface area contributed by atoms with Crippen molar-refractivity contribution in [1.82, 2.24) is 0 Å². The minimum Gasteiger partial charge on any atom is -0.387 e. The number of hydrogen-bond donors (Lipinski definition) is 2. The minimum atomic E-state index is -1.10. The first-order valence-electron chi connectivity index (χ1n) is 9.98. The zero-order valence-corrected chi connectivity index (χ0v) is 15.8. The molecule has 0 aromatic heterocycles. The van der Waals surface area contributed by atoms with E-state index in [0.29, 0.717) is 6.61 Å². The third-order valence-corrected chi connectivity index (χ3v) is 5.17. The Bertz CT molecular complexity index is 351. The summed E-state index contributed by atoms with van der Waals surface area (Å²) in [5.74, 6) is 0. The predicted octanol–water partition coefficient (Wildman–Crippen LogP) is 2.74. The van der Waals surface area contributed by atoms with E-state index < -0.39 is 30.7 Å². The van der Waals surface area contributed by atoms with Gasteiger partial charge < -0.3 is 29.2 Å². The second-order valence-corrected chi connectivity index (χ2v) is 7.24. The largest absolute Gasteiger partial charge is 0.387 e. The molecule has 2 fully saturated rings. The van der Waals surface area contributed by atoms with Gasteiger partial charge in [0.15, 0.2) is 12.6 Å². The van der Waals surface area contributed by atoms with Crippen molar-refractivity contribution >= 4 is 0 Å². The molecule has 0 bridgehead atoms. The van der Waals surface area contributed by atoms with E-state index in [1.165, 1.54) is 58.5 Å². The molecule has 3 unspecified atom stereocenters. The number of hydrogen-bond acceptors (Lipinski definition) is 6. The van der Waals surface area contributed by atoms with Gasteiger partial charge in [0.25, 0.3) is 0 Å². The van der Waals surface area contributed by atoms with Crippen molar-refractivity contribution in [3.8, 4) is 0 Å². The van der Waals surface area contributed by atoms with E-state index in [1.807, 2.05) is 0 Å². The molecule has 0 radical (unpaired) electrons. The molecule has 2 rings (SSSR count). The summed E-state index contributed by atoms with van der Waals surface area (Å²) < 4.78 is 22.2. The Morgan fingerprint density at radius 2 is 1.52 bits per heavy atom. The Labute approximate surface area is 151 Å². The molecule has 0 aliphatic carbocycles. The van der Waals surface area contributed by atoms with Crippen LogP contribution < -0.4 is 0 Å². The fraction of sp³-hybridized carbons (Fsp3) is 1.00. The summed E-state index contributed by atoms with van der Waals surface area (Å²) in [6.45, 7) is 2.60. The van der Waals surface area contributed by atoms with E-state index in [4.69, 9.17) is 18.9 Å². The molecule has 0 saturated carbocycles. The first-order chi connectivity index (χ1) is 12.2. The fourth-order valence-electron chi connectivity index (χ4n) is 3.59. The highest BCUT2D eigenvalue weighted by Crippen LogP contribution is 2.30. The molecule has 0 spiro atoms. The summed E-state index contributed by atoms with van der Waals surface area (Å²) in [6.07, 6.45) is 8.08. The van der Waals surface area contributed by atoms with Crippen molar-refractivity contribution in [2.75, 3.05) is 13.7 Å². The van der Waals surface area contributed by atoms with Crippen LogP contribution in [0.1, 0.15) is 71.1 Å². The van der Waals surface area contributed by atoms with E-state index in [-0.39, 0.29) is 6.29 Å². The molecule has 0 aromatic rings. The maximum absolute atomic E-state index is 10.2. The van der Waals surface area contributed by atoms with Gasteiger partial charge in [0.1, 0.15) is 24.4 Å². The fourth-order valence-corrected chi connectivity index (χ4v) is 3.59. The summed E-state index contributed by atoms with van der Waals surface area (Å²) >= 11 is 0. The Morgan fingerprint density at radius 3 is 2.16 bits per heavy atom. The summed E-state index contributed by atoms with van der Waals surface area (Å²) in [4.78, 5) is 0. The molecular formula is C19H36O6. The number of unbranched alkanes of at least 4 members (excludes halogenated alkanes) is 8. The van der Waals surface area contributed by atoms with Crippen molar-refractivity contribution in [2.24, 2.45) is 0 Å². The molecule has 2 aliphatic heterocycles. The lowest BCUT2D eigenvalue weighted by Gasteiger charge is -2.45. The van der Waals surface area contributed by atoms with Crippen LogP contribution in [0.5, 0.6) is 0 Å². The second-order valence-electron chi connectivity index (χ2n) is 7.24. The van der Waals surface area contributed by atoms with Crippen LogP contribution >= 0.6 is 0 Å². The third kappa shape index (κ3) is 6.45. The lowest BCUT2D eigenvalue weighted by atomic mass is 9.98. The zero-order valence-electron chi connectivity index (χ0n) is 15.8. The average molecular weight is 360 g/mol. The zero-order chi connectivity index (χ0) is 18.1. The summed E-state index contributed by atoms with van der Waals surface area (Å²) in [7, 11) is 1.44. The molecule has 2 saturated heterocycles. The normalized spacial score (nSPS) is 35.5. The van der Waals surface area contributed by atoms with Crippen molar-refractivity contribution in [3.63, 3.8) is 0 Å². The van der Waals surface area contributed by atoms with Gasteiger partial charge in [-0.3, -0.25) is 0 Å². The topological polar surface area (TPSA) is 77.4 Å². The van der Waals surface area contributed by atoms with E-state index >= 15 is 0 Å². The highest BCUT2D eigenvalue weighted by Gasteiger charge is 2.48. The molecule has 2 N–H and O–H groups in total. The lowest BCUT2D eigenvalue weighted by molar-refractivity contribution is -0.356. The highest BCUT2D eigenvalue weighted by molar-refractivity contribution is 4.92. The smallest absolute Gasteiger partial charge is 0.186 e. The van der Waals surface area contributed by atoms with Gasteiger partial charge in [0.2, 0.25) is 0 Å². The highest BCUT2D eigenvalue weighted by atomic mass is 16.7. The number of methoxy groups -OCH3 is 1. The standard InChI is InChI=1S/C19H36O6/c1-3-4-5-6-7-8-9-10-11-12-15-23-13-14-18(25-15)16(20)17(21)19(22-2)24-14/h14-21H,3-13H2,1-2H3/t14?,15?,16-,17?,18+,19+/m1/s1. The Morgan fingerprint density at radius 1 is 0.880 bits per heavy atom. The van der Waals surface area contributed by atoms with Crippen LogP contribution in [0.15, 0.2) is 0 Å². The second kappa shape index (κ2) is 11.5. The molecule has 148 valence electrons.